The number of terminal acetylenes is 1. The van der Waals surface area contributed by atoms with E-state index in [2.05, 4.69) is 10.9 Å². The van der Waals surface area contributed by atoms with E-state index in [1.807, 2.05) is 6.07 Å². The minimum absolute atomic E-state index is 0.349. The van der Waals surface area contributed by atoms with Crippen molar-refractivity contribution in [1.29, 1.82) is 0 Å². The molecule has 0 fully saturated rings. The molecule has 0 unspecified atom stereocenters. The van der Waals surface area contributed by atoms with E-state index >= 15 is 0 Å². The summed E-state index contributed by atoms with van der Waals surface area (Å²) in [5.41, 5.74) is 0.982. The Kier molecular flexibility index (Phi) is 2.48. The maximum atomic E-state index is 12.1. The van der Waals surface area contributed by atoms with Crippen molar-refractivity contribution < 1.29 is 0 Å². The number of aryl methyl sites for hydroxylation is 1. The summed E-state index contributed by atoms with van der Waals surface area (Å²) in [6.07, 6.45) is 5.37. The molecule has 0 saturated heterocycles. The van der Waals surface area contributed by atoms with Gasteiger partial charge in [0.1, 0.15) is 5.65 Å². The summed E-state index contributed by atoms with van der Waals surface area (Å²) in [6, 6.07) is 7.11. The Balaban J connectivity index is 2.58. The fourth-order valence-corrected chi connectivity index (χ4v) is 2.24. The molecule has 0 saturated carbocycles. The van der Waals surface area contributed by atoms with Gasteiger partial charge in [-0.25, -0.2) is 9.78 Å². The number of hydrogen-bond donors (Lipinski definition) is 0. The average Bonchev–Trinajstić information content (AvgIpc) is 2.48. The van der Waals surface area contributed by atoms with Crippen LogP contribution in [-0.4, -0.2) is 14.1 Å². The number of pyridine rings is 1. The third kappa shape index (κ3) is 1.55. The molecule has 0 spiro atoms. The molecule has 2 aromatic heterocycles. The van der Waals surface area contributed by atoms with Gasteiger partial charge in [-0.1, -0.05) is 12.0 Å². The molecule has 1 aromatic carbocycles. The maximum absolute atomic E-state index is 12.1. The van der Waals surface area contributed by atoms with E-state index < -0.39 is 5.69 Å². The second kappa shape index (κ2) is 4.07. The van der Waals surface area contributed by atoms with Gasteiger partial charge < -0.3 is 0 Å². The van der Waals surface area contributed by atoms with Crippen molar-refractivity contribution in [3.63, 3.8) is 0 Å². The van der Waals surface area contributed by atoms with Crippen LogP contribution in [-0.2, 0) is 14.1 Å². The van der Waals surface area contributed by atoms with Crippen LogP contribution in [0.1, 0.15) is 5.56 Å². The average molecular weight is 265 g/mol. The van der Waals surface area contributed by atoms with Crippen molar-refractivity contribution in [3.8, 4) is 12.3 Å². The number of nitrogens with zero attached hydrogens (tertiary/aromatic N) is 3. The molecule has 0 radical (unpaired) electrons. The number of fused-ring (bicyclic) bond motifs is 2. The van der Waals surface area contributed by atoms with Crippen molar-refractivity contribution in [3.05, 3.63) is 50.7 Å². The summed E-state index contributed by atoms with van der Waals surface area (Å²) in [7, 11) is 3.05. The van der Waals surface area contributed by atoms with Gasteiger partial charge in [0.25, 0.3) is 5.56 Å². The van der Waals surface area contributed by atoms with Crippen LogP contribution >= 0.6 is 0 Å². The van der Waals surface area contributed by atoms with Crippen LogP contribution in [0.25, 0.3) is 21.9 Å². The summed E-state index contributed by atoms with van der Waals surface area (Å²) in [5.74, 6) is 2.54. The predicted octanol–water partition coefficient (Wildman–Crippen LogP) is 0.767. The molecule has 5 heteroatoms. The molecular formula is C15H11N3O2. The van der Waals surface area contributed by atoms with Gasteiger partial charge in [0.15, 0.2) is 0 Å². The third-order valence-corrected chi connectivity index (χ3v) is 3.39. The zero-order chi connectivity index (χ0) is 14.4. The van der Waals surface area contributed by atoms with E-state index in [1.165, 1.54) is 11.6 Å². The number of rotatable bonds is 0. The van der Waals surface area contributed by atoms with Gasteiger partial charge in [-0.15, -0.1) is 6.42 Å². The minimum Gasteiger partial charge on any atom is -0.280 e. The Bertz CT molecular complexity index is 1020. The first kappa shape index (κ1) is 12.2. The molecule has 0 N–H and O–H groups in total. The summed E-state index contributed by atoms with van der Waals surface area (Å²) in [5, 5.41) is 1.22. The smallest absolute Gasteiger partial charge is 0.280 e. The quantitative estimate of drug-likeness (QED) is 0.445. The van der Waals surface area contributed by atoms with Crippen LogP contribution in [0, 0.1) is 12.3 Å². The van der Waals surface area contributed by atoms with Crippen molar-refractivity contribution in [2.45, 2.75) is 0 Å². The molecule has 98 valence electrons. The van der Waals surface area contributed by atoms with Crippen LogP contribution in [0.2, 0.25) is 0 Å². The van der Waals surface area contributed by atoms with E-state index in [-0.39, 0.29) is 5.56 Å². The lowest BCUT2D eigenvalue weighted by atomic mass is 10.1. The lowest BCUT2D eigenvalue weighted by Gasteiger charge is -2.08. The molecule has 20 heavy (non-hydrogen) atoms. The van der Waals surface area contributed by atoms with Gasteiger partial charge in [-0.2, -0.15) is 0 Å². The monoisotopic (exact) mass is 265 g/mol. The number of benzene rings is 1. The highest BCUT2D eigenvalue weighted by molar-refractivity contribution is 5.91. The van der Waals surface area contributed by atoms with E-state index in [0.717, 1.165) is 9.95 Å². The van der Waals surface area contributed by atoms with Gasteiger partial charge in [0.2, 0.25) is 0 Å². The Morgan fingerprint density at radius 3 is 2.60 bits per heavy atom. The van der Waals surface area contributed by atoms with E-state index in [0.29, 0.717) is 22.1 Å². The first-order chi connectivity index (χ1) is 9.52. The van der Waals surface area contributed by atoms with E-state index in [4.69, 9.17) is 6.42 Å². The molecule has 3 aromatic rings. The summed E-state index contributed by atoms with van der Waals surface area (Å²) >= 11 is 0. The van der Waals surface area contributed by atoms with Gasteiger partial charge in [-0.3, -0.25) is 13.9 Å². The zero-order valence-electron chi connectivity index (χ0n) is 11.0. The SMILES string of the molecule is C#Cc1ccc2cc3c(=O)n(C)c(=O)n(C)c3nc2c1. The maximum Gasteiger partial charge on any atom is 0.332 e. The second-order valence-corrected chi connectivity index (χ2v) is 4.62. The highest BCUT2D eigenvalue weighted by Gasteiger charge is 2.10. The Morgan fingerprint density at radius 1 is 1.15 bits per heavy atom. The molecule has 2 heterocycles. The van der Waals surface area contributed by atoms with Crippen molar-refractivity contribution in [2.75, 3.05) is 0 Å². The van der Waals surface area contributed by atoms with Crippen molar-refractivity contribution in [2.24, 2.45) is 14.1 Å². The molecule has 0 aliphatic rings. The molecule has 3 rings (SSSR count). The van der Waals surface area contributed by atoms with Gasteiger partial charge in [0.05, 0.1) is 10.9 Å². The fraction of sp³-hybridized carbons (Fsp3) is 0.133. The highest BCUT2D eigenvalue weighted by atomic mass is 16.2. The highest BCUT2D eigenvalue weighted by Crippen LogP contribution is 2.17. The minimum atomic E-state index is -0.401. The van der Waals surface area contributed by atoms with Crippen LogP contribution in [0.15, 0.2) is 33.9 Å². The summed E-state index contributed by atoms with van der Waals surface area (Å²) in [6.45, 7) is 0. The summed E-state index contributed by atoms with van der Waals surface area (Å²) < 4.78 is 2.43. The van der Waals surface area contributed by atoms with E-state index in [1.54, 1.807) is 25.2 Å². The third-order valence-electron chi connectivity index (χ3n) is 3.39. The van der Waals surface area contributed by atoms with Crippen LogP contribution in [0.3, 0.4) is 0 Å². The largest absolute Gasteiger partial charge is 0.332 e. The molecule has 0 atom stereocenters. The van der Waals surface area contributed by atoms with Crippen molar-refractivity contribution >= 4 is 21.9 Å². The molecule has 5 nitrogen and oxygen atoms in total. The van der Waals surface area contributed by atoms with Crippen LogP contribution < -0.4 is 11.2 Å². The zero-order valence-corrected chi connectivity index (χ0v) is 11.0. The summed E-state index contributed by atoms with van der Waals surface area (Å²) in [4.78, 5) is 28.5. The molecule has 0 amide bonds. The Hall–Kier alpha value is -2.87. The Morgan fingerprint density at radius 2 is 1.90 bits per heavy atom. The second-order valence-electron chi connectivity index (χ2n) is 4.62. The van der Waals surface area contributed by atoms with Gasteiger partial charge in [-0.05, 0) is 18.2 Å². The molecule has 0 aliphatic carbocycles. The van der Waals surface area contributed by atoms with E-state index in [9.17, 15) is 9.59 Å². The molecule has 0 aliphatic heterocycles. The van der Waals surface area contributed by atoms with Crippen LogP contribution in [0.4, 0.5) is 0 Å². The number of aromatic nitrogens is 3. The first-order valence-corrected chi connectivity index (χ1v) is 6.00. The fourth-order valence-electron chi connectivity index (χ4n) is 2.24. The topological polar surface area (TPSA) is 56.9 Å². The lowest BCUT2D eigenvalue weighted by molar-refractivity contribution is 0.708. The predicted molar refractivity (Wildman–Crippen MR) is 77.7 cm³/mol. The standard InChI is InChI=1S/C15H11N3O2/c1-4-9-5-6-10-8-11-13(16-12(10)7-9)17(2)15(20)18(3)14(11)19/h1,5-8H,2-3H3. The first-order valence-electron chi connectivity index (χ1n) is 6.00. The van der Waals surface area contributed by atoms with Crippen molar-refractivity contribution in [1.82, 2.24) is 14.1 Å². The lowest BCUT2D eigenvalue weighted by Crippen LogP contribution is -2.37. The Labute approximate surface area is 114 Å². The molecular weight excluding hydrogens is 254 g/mol. The van der Waals surface area contributed by atoms with Gasteiger partial charge in [0, 0.05) is 25.0 Å². The van der Waals surface area contributed by atoms with Gasteiger partial charge >= 0.3 is 5.69 Å². The van der Waals surface area contributed by atoms with Crippen LogP contribution in [0.5, 0.6) is 0 Å². The molecule has 0 bridgehead atoms. The normalized spacial score (nSPS) is 10.8. The number of hydrogen-bond acceptors (Lipinski definition) is 3.